The summed E-state index contributed by atoms with van der Waals surface area (Å²) < 4.78 is 7.52. The molecule has 2 heterocycles. The molecule has 0 fully saturated rings. The molecule has 3 rings (SSSR count). The fraction of sp³-hybridized carbons (Fsp3) is 0.125. The summed E-state index contributed by atoms with van der Waals surface area (Å²) in [6.07, 6.45) is 1.93. The van der Waals surface area contributed by atoms with Crippen LogP contribution in [0.4, 0.5) is 0 Å². The maximum Gasteiger partial charge on any atom is 0.338 e. The normalized spacial score (nSPS) is 10.9. The Morgan fingerprint density at radius 2 is 2.09 bits per heavy atom. The molecule has 3 aromatic rings. The Balaban J connectivity index is 2.23. The summed E-state index contributed by atoms with van der Waals surface area (Å²) in [6.45, 7) is 0.453. The number of hydrogen-bond acceptors (Lipinski definition) is 4. The Hall–Kier alpha value is -2.18. The first kappa shape index (κ1) is 14.7. The molecule has 0 aliphatic carbocycles. The van der Waals surface area contributed by atoms with Crippen molar-refractivity contribution in [3.05, 3.63) is 58.3 Å². The van der Waals surface area contributed by atoms with Crippen LogP contribution in [-0.4, -0.2) is 22.5 Å². The lowest BCUT2D eigenvalue weighted by Crippen LogP contribution is -2.03. The zero-order chi connectivity index (χ0) is 15.7. The Bertz CT molecular complexity index is 858. The number of carbonyl (C=O) groups excluding carboxylic acids is 1. The minimum absolute atomic E-state index is 0.387. The molecule has 5 nitrogen and oxygen atoms in total. The number of pyridine rings is 1. The third-order valence-electron chi connectivity index (χ3n) is 3.44. The minimum Gasteiger partial charge on any atom is -0.465 e. The molecule has 0 spiro atoms. The number of aromatic nitrogens is 2. The molecule has 0 bridgehead atoms. The van der Waals surface area contributed by atoms with Crippen LogP contribution in [0.25, 0.3) is 16.9 Å². The predicted molar refractivity (Wildman–Crippen MR) is 87.6 cm³/mol. The molecule has 1 aromatic carbocycles. The summed E-state index contributed by atoms with van der Waals surface area (Å²) >= 11 is 3.56. The van der Waals surface area contributed by atoms with Gasteiger partial charge in [-0.25, -0.2) is 9.78 Å². The van der Waals surface area contributed by atoms with Crippen molar-refractivity contribution in [3.8, 4) is 11.3 Å². The van der Waals surface area contributed by atoms with Crippen LogP contribution in [0.2, 0.25) is 0 Å². The number of methoxy groups -OCH3 is 1. The van der Waals surface area contributed by atoms with E-state index in [-0.39, 0.29) is 5.97 Å². The first-order valence-corrected chi connectivity index (χ1v) is 7.49. The average Bonchev–Trinajstić information content (AvgIpc) is 2.90. The number of halogens is 1. The molecule has 2 aromatic heterocycles. The van der Waals surface area contributed by atoms with E-state index >= 15 is 0 Å². The lowest BCUT2D eigenvalue weighted by molar-refractivity contribution is 0.0601. The topological polar surface area (TPSA) is 69.6 Å². The van der Waals surface area contributed by atoms with Crippen molar-refractivity contribution in [2.75, 3.05) is 7.11 Å². The molecule has 0 radical (unpaired) electrons. The van der Waals surface area contributed by atoms with Crippen LogP contribution in [0.5, 0.6) is 0 Å². The Kier molecular flexibility index (Phi) is 3.96. The number of ether oxygens (including phenoxy) is 1. The van der Waals surface area contributed by atoms with Crippen LogP contribution >= 0.6 is 15.9 Å². The van der Waals surface area contributed by atoms with Gasteiger partial charge in [0.2, 0.25) is 0 Å². The maximum atomic E-state index is 11.9. The average molecular weight is 360 g/mol. The van der Waals surface area contributed by atoms with Crippen molar-refractivity contribution >= 4 is 27.5 Å². The van der Waals surface area contributed by atoms with Gasteiger partial charge in [-0.15, -0.1) is 0 Å². The highest BCUT2D eigenvalue weighted by Gasteiger charge is 2.18. The smallest absolute Gasteiger partial charge is 0.338 e. The highest BCUT2D eigenvalue weighted by atomic mass is 79.9. The lowest BCUT2D eigenvalue weighted by atomic mass is 10.1. The first-order chi connectivity index (χ1) is 10.7. The quantitative estimate of drug-likeness (QED) is 0.729. The minimum atomic E-state index is -0.387. The van der Waals surface area contributed by atoms with Crippen molar-refractivity contribution in [1.29, 1.82) is 0 Å². The number of nitrogens with two attached hydrogens (primary N) is 1. The van der Waals surface area contributed by atoms with Gasteiger partial charge in [-0.05, 0) is 33.6 Å². The van der Waals surface area contributed by atoms with Gasteiger partial charge < -0.3 is 10.5 Å². The van der Waals surface area contributed by atoms with Crippen molar-refractivity contribution in [3.63, 3.8) is 0 Å². The fourth-order valence-electron chi connectivity index (χ4n) is 2.33. The van der Waals surface area contributed by atoms with E-state index < -0.39 is 0 Å². The highest BCUT2D eigenvalue weighted by Crippen LogP contribution is 2.31. The first-order valence-electron chi connectivity index (χ1n) is 6.70. The van der Waals surface area contributed by atoms with E-state index in [4.69, 9.17) is 10.5 Å². The second-order valence-corrected chi connectivity index (χ2v) is 5.51. The number of nitrogens with zero attached hydrogens (tertiary/aromatic N) is 2. The Morgan fingerprint density at radius 3 is 2.82 bits per heavy atom. The van der Waals surface area contributed by atoms with Crippen LogP contribution < -0.4 is 5.73 Å². The molecular formula is C16H14BrN3O2. The standard InChI is InChI=1S/C16H14BrN3O2/c1-22-16(21)12-5-3-2-4-11(12)14-15(17)20-9-10(8-18)6-7-13(20)19-14/h2-7,9H,8,18H2,1H3. The second kappa shape index (κ2) is 5.90. The molecule has 0 unspecified atom stereocenters. The van der Waals surface area contributed by atoms with Gasteiger partial charge in [0, 0.05) is 18.3 Å². The number of imidazole rings is 1. The van der Waals surface area contributed by atoms with E-state index in [9.17, 15) is 4.79 Å². The van der Waals surface area contributed by atoms with Gasteiger partial charge in [-0.3, -0.25) is 4.40 Å². The third-order valence-corrected chi connectivity index (χ3v) is 4.20. The SMILES string of the molecule is COC(=O)c1ccccc1-c1nc2ccc(CN)cn2c1Br. The van der Waals surface area contributed by atoms with Gasteiger partial charge in [0.1, 0.15) is 15.9 Å². The monoisotopic (exact) mass is 359 g/mol. The number of benzene rings is 1. The highest BCUT2D eigenvalue weighted by molar-refractivity contribution is 9.10. The number of esters is 1. The van der Waals surface area contributed by atoms with Crippen LogP contribution in [0.3, 0.4) is 0 Å². The second-order valence-electron chi connectivity index (χ2n) is 4.76. The molecule has 0 saturated heterocycles. The zero-order valence-corrected chi connectivity index (χ0v) is 13.5. The van der Waals surface area contributed by atoms with Gasteiger partial charge in [0.25, 0.3) is 0 Å². The number of fused-ring (bicyclic) bond motifs is 1. The van der Waals surface area contributed by atoms with E-state index in [1.807, 2.05) is 34.9 Å². The third kappa shape index (κ3) is 2.40. The Labute approximate surface area is 135 Å². The van der Waals surface area contributed by atoms with Crippen LogP contribution in [0, 0.1) is 0 Å². The molecule has 0 saturated carbocycles. The molecule has 112 valence electrons. The number of hydrogen-bond donors (Lipinski definition) is 1. The zero-order valence-electron chi connectivity index (χ0n) is 11.9. The van der Waals surface area contributed by atoms with Crippen molar-refractivity contribution in [2.45, 2.75) is 6.54 Å². The predicted octanol–water partition coefficient (Wildman–Crippen LogP) is 3.01. The summed E-state index contributed by atoms with van der Waals surface area (Å²) in [7, 11) is 1.37. The van der Waals surface area contributed by atoms with E-state index in [0.29, 0.717) is 17.8 Å². The molecule has 0 atom stereocenters. The summed E-state index contributed by atoms with van der Waals surface area (Å²) in [5.74, 6) is -0.387. The van der Waals surface area contributed by atoms with Gasteiger partial charge in [0.15, 0.2) is 0 Å². The van der Waals surface area contributed by atoms with E-state index in [2.05, 4.69) is 20.9 Å². The summed E-state index contributed by atoms with van der Waals surface area (Å²) in [6, 6.07) is 11.1. The van der Waals surface area contributed by atoms with Crippen LogP contribution in [0.15, 0.2) is 47.2 Å². The molecule has 6 heteroatoms. The lowest BCUT2D eigenvalue weighted by Gasteiger charge is -2.05. The van der Waals surface area contributed by atoms with Crippen molar-refractivity contribution in [1.82, 2.24) is 9.38 Å². The van der Waals surface area contributed by atoms with E-state index in [1.54, 1.807) is 12.1 Å². The fourth-order valence-corrected chi connectivity index (χ4v) is 2.92. The summed E-state index contributed by atoms with van der Waals surface area (Å²) in [5.41, 5.74) is 9.35. The number of carbonyl (C=O) groups is 1. The van der Waals surface area contributed by atoms with Gasteiger partial charge in [-0.1, -0.05) is 24.3 Å². The van der Waals surface area contributed by atoms with Crippen molar-refractivity contribution in [2.24, 2.45) is 5.73 Å². The molecule has 2 N–H and O–H groups in total. The van der Waals surface area contributed by atoms with E-state index in [0.717, 1.165) is 21.4 Å². The van der Waals surface area contributed by atoms with Gasteiger partial charge >= 0.3 is 5.97 Å². The molecule has 0 aliphatic rings. The summed E-state index contributed by atoms with van der Waals surface area (Å²) in [4.78, 5) is 16.5. The van der Waals surface area contributed by atoms with E-state index in [1.165, 1.54) is 7.11 Å². The van der Waals surface area contributed by atoms with Crippen molar-refractivity contribution < 1.29 is 9.53 Å². The van der Waals surface area contributed by atoms with Crippen LogP contribution in [-0.2, 0) is 11.3 Å². The van der Waals surface area contributed by atoms with Gasteiger partial charge in [-0.2, -0.15) is 0 Å². The molecule has 0 amide bonds. The molecular weight excluding hydrogens is 346 g/mol. The Morgan fingerprint density at radius 1 is 1.32 bits per heavy atom. The molecule has 22 heavy (non-hydrogen) atoms. The van der Waals surface area contributed by atoms with Gasteiger partial charge in [0.05, 0.1) is 12.7 Å². The maximum absolute atomic E-state index is 11.9. The molecule has 0 aliphatic heterocycles. The van der Waals surface area contributed by atoms with Crippen LogP contribution in [0.1, 0.15) is 15.9 Å². The summed E-state index contributed by atoms with van der Waals surface area (Å²) in [5, 5.41) is 0. The number of rotatable bonds is 3. The largest absolute Gasteiger partial charge is 0.465 e.